The lowest BCUT2D eigenvalue weighted by atomic mass is 10.1. The molecule has 0 aliphatic carbocycles. The number of nitrogens with zero attached hydrogens (tertiary/aromatic N) is 2. The molecule has 1 aromatic carbocycles. The normalized spacial score (nSPS) is 23.1. The molecule has 2 aliphatic heterocycles. The van der Waals surface area contributed by atoms with Gasteiger partial charge in [0.25, 0.3) is 0 Å². The van der Waals surface area contributed by atoms with E-state index in [2.05, 4.69) is 12.2 Å². The molecule has 1 aromatic rings. The van der Waals surface area contributed by atoms with Crippen LogP contribution in [0.15, 0.2) is 29.2 Å². The Morgan fingerprint density at radius 3 is 2.34 bits per heavy atom. The van der Waals surface area contributed by atoms with E-state index in [-0.39, 0.29) is 30.0 Å². The highest BCUT2D eigenvalue weighted by Crippen LogP contribution is 2.19. The predicted molar refractivity (Wildman–Crippen MR) is 111 cm³/mol. The van der Waals surface area contributed by atoms with E-state index in [1.807, 2.05) is 17.0 Å². The first-order chi connectivity index (χ1) is 13.7. The highest BCUT2D eigenvalue weighted by molar-refractivity contribution is 7.91. The number of hydrogen-bond donors (Lipinski definition) is 1. The van der Waals surface area contributed by atoms with Gasteiger partial charge in [-0.05, 0) is 30.5 Å². The summed E-state index contributed by atoms with van der Waals surface area (Å²) >= 11 is 0. The first-order valence-corrected chi connectivity index (χ1v) is 13.3. The molecule has 0 spiro atoms. The van der Waals surface area contributed by atoms with Gasteiger partial charge in [0.2, 0.25) is 15.9 Å². The molecule has 10 heteroatoms. The van der Waals surface area contributed by atoms with E-state index in [1.165, 1.54) is 4.31 Å². The molecule has 0 saturated carbocycles. The molecule has 162 valence electrons. The highest BCUT2D eigenvalue weighted by atomic mass is 32.2. The second-order valence-electron chi connectivity index (χ2n) is 7.74. The van der Waals surface area contributed by atoms with E-state index in [4.69, 9.17) is 0 Å². The SMILES string of the molecule is CCCc1ccc(S(=O)(=O)N2CCN(CC(=O)NC3CCS(=O)(=O)C3)CC2)cc1. The summed E-state index contributed by atoms with van der Waals surface area (Å²) in [4.78, 5) is 14.4. The maximum absolute atomic E-state index is 12.8. The smallest absolute Gasteiger partial charge is 0.243 e. The molecule has 2 aliphatic rings. The van der Waals surface area contributed by atoms with Crippen LogP contribution in [0.2, 0.25) is 0 Å². The van der Waals surface area contributed by atoms with E-state index < -0.39 is 19.9 Å². The average molecular weight is 444 g/mol. The summed E-state index contributed by atoms with van der Waals surface area (Å²) in [7, 11) is -6.57. The third-order valence-electron chi connectivity index (χ3n) is 5.40. The van der Waals surface area contributed by atoms with E-state index in [9.17, 15) is 21.6 Å². The maximum atomic E-state index is 12.8. The summed E-state index contributed by atoms with van der Waals surface area (Å²) in [5, 5.41) is 2.77. The van der Waals surface area contributed by atoms with Gasteiger partial charge in [-0.25, -0.2) is 16.8 Å². The first kappa shape index (κ1) is 22.2. The van der Waals surface area contributed by atoms with E-state index in [0.717, 1.165) is 18.4 Å². The standard InChI is InChI=1S/C19H29N3O5S2/c1-2-3-16-4-6-18(7-5-16)29(26,27)22-11-9-21(10-12-22)14-19(23)20-17-8-13-28(24,25)15-17/h4-7,17H,2-3,8-15H2,1H3,(H,20,23). The van der Waals surface area contributed by atoms with Crippen LogP contribution in [-0.4, -0.2) is 82.2 Å². The lowest BCUT2D eigenvalue weighted by Crippen LogP contribution is -2.51. The fourth-order valence-corrected chi connectivity index (χ4v) is 6.87. The average Bonchev–Trinajstić information content (AvgIpc) is 3.01. The second-order valence-corrected chi connectivity index (χ2v) is 11.9. The number of carbonyl (C=O) groups excluding carboxylic acids is 1. The molecule has 1 amide bonds. The minimum absolute atomic E-state index is 0.00179. The summed E-state index contributed by atoms with van der Waals surface area (Å²) in [6.07, 6.45) is 2.39. The van der Waals surface area contributed by atoms with Gasteiger partial charge >= 0.3 is 0 Å². The lowest BCUT2D eigenvalue weighted by molar-refractivity contribution is -0.123. The molecule has 8 nitrogen and oxygen atoms in total. The minimum Gasteiger partial charge on any atom is -0.351 e. The molecule has 3 rings (SSSR count). The van der Waals surface area contributed by atoms with Crippen LogP contribution in [0.3, 0.4) is 0 Å². The number of benzene rings is 1. The second kappa shape index (κ2) is 9.11. The summed E-state index contributed by atoms with van der Waals surface area (Å²) < 4.78 is 50.1. The summed E-state index contributed by atoms with van der Waals surface area (Å²) in [6.45, 7) is 3.80. The fourth-order valence-electron chi connectivity index (χ4n) is 3.78. The van der Waals surface area contributed by atoms with Crippen LogP contribution in [-0.2, 0) is 31.1 Å². The van der Waals surface area contributed by atoms with Crippen LogP contribution < -0.4 is 5.32 Å². The molecule has 29 heavy (non-hydrogen) atoms. The van der Waals surface area contributed by atoms with E-state index in [0.29, 0.717) is 37.5 Å². The molecule has 2 heterocycles. The van der Waals surface area contributed by atoms with Crippen molar-refractivity contribution in [3.8, 4) is 0 Å². The highest BCUT2D eigenvalue weighted by Gasteiger charge is 2.31. The Morgan fingerprint density at radius 2 is 1.79 bits per heavy atom. The third-order valence-corrected chi connectivity index (χ3v) is 9.08. The quantitative estimate of drug-likeness (QED) is 0.648. The monoisotopic (exact) mass is 443 g/mol. The van der Waals surface area contributed by atoms with Gasteiger partial charge in [0.05, 0.1) is 22.9 Å². The number of hydrogen-bond acceptors (Lipinski definition) is 6. The molecule has 0 radical (unpaired) electrons. The Kier molecular flexibility index (Phi) is 6.98. The molecule has 1 unspecified atom stereocenters. The van der Waals surface area contributed by atoms with Crippen molar-refractivity contribution in [3.63, 3.8) is 0 Å². The van der Waals surface area contributed by atoms with Crippen molar-refractivity contribution in [1.82, 2.24) is 14.5 Å². The molecule has 1 N–H and O–H groups in total. The zero-order chi connectivity index (χ0) is 21.1. The largest absolute Gasteiger partial charge is 0.351 e. The van der Waals surface area contributed by atoms with Crippen LogP contribution in [0.5, 0.6) is 0 Å². The number of piperazine rings is 1. The van der Waals surface area contributed by atoms with Crippen molar-refractivity contribution in [2.75, 3.05) is 44.2 Å². The van der Waals surface area contributed by atoms with Gasteiger partial charge in [-0.1, -0.05) is 25.5 Å². The van der Waals surface area contributed by atoms with Crippen molar-refractivity contribution in [3.05, 3.63) is 29.8 Å². The molecular weight excluding hydrogens is 414 g/mol. The predicted octanol–water partition coefficient (Wildman–Crippen LogP) is 0.249. The van der Waals surface area contributed by atoms with E-state index in [1.54, 1.807) is 12.1 Å². The molecule has 2 fully saturated rings. The Bertz CT molecular complexity index is 921. The number of sulfonamides is 1. The van der Waals surface area contributed by atoms with Crippen LogP contribution in [0.4, 0.5) is 0 Å². The van der Waals surface area contributed by atoms with Gasteiger partial charge < -0.3 is 5.32 Å². The van der Waals surface area contributed by atoms with Gasteiger partial charge in [-0.15, -0.1) is 0 Å². The van der Waals surface area contributed by atoms with Crippen LogP contribution in [0.1, 0.15) is 25.3 Å². The topological polar surface area (TPSA) is 104 Å². The van der Waals surface area contributed by atoms with Gasteiger partial charge in [0.1, 0.15) is 0 Å². The lowest BCUT2D eigenvalue weighted by Gasteiger charge is -2.33. The fraction of sp³-hybridized carbons (Fsp3) is 0.632. The Balaban J connectivity index is 1.49. The minimum atomic E-state index is -3.54. The van der Waals surface area contributed by atoms with Crippen LogP contribution >= 0.6 is 0 Å². The molecule has 2 saturated heterocycles. The Labute approximate surface area is 173 Å². The van der Waals surface area contributed by atoms with Crippen molar-refractivity contribution in [2.45, 2.75) is 37.1 Å². The first-order valence-electron chi connectivity index (χ1n) is 10.0. The number of aryl methyl sites for hydroxylation is 1. The molecule has 0 aromatic heterocycles. The van der Waals surface area contributed by atoms with Crippen molar-refractivity contribution < 1.29 is 21.6 Å². The number of amides is 1. The zero-order valence-corrected chi connectivity index (χ0v) is 18.3. The van der Waals surface area contributed by atoms with Gasteiger partial charge in [-0.2, -0.15) is 4.31 Å². The number of nitrogens with one attached hydrogen (secondary N) is 1. The van der Waals surface area contributed by atoms with Crippen molar-refractivity contribution >= 4 is 25.8 Å². The van der Waals surface area contributed by atoms with Gasteiger partial charge in [0, 0.05) is 32.2 Å². The van der Waals surface area contributed by atoms with Gasteiger partial charge in [-0.3, -0.25) is 9.69 Å². The zero-order valence-electron chi connectivity index (χ0n) is 16.7. The van der Waals surface area contributed by atoms with Gasteiger partial charge in [0.15, 0.2) is 9.84 Å². The number of carbonyl (C=O) groups is 1. The summed E-state index contributed by atoms with van der Waals surface area (Å²) in [5.41, 5.74) is 1.12. The number of rotatable bonds is 7. The Hall–Kier alpha value is -1.49. The van der Waals surface area contributed by atoms with E-state index >= 15 is 0 Å². The number of sulfone groups is 1. The Morgan fingerprint density at radius 1 is 1.14 bits per heavy atom. The van der Waals surface area contributed by atoms with Crippen molar-refractivity contribution in [2.24, 2.45) is 0 Å². The third kappa shape index (κ3) is 5.78. The molecule has 1 atom stereocenters. The summed E-state index contributed by atoms with van der Waals surface area (Å²) in [5.74, 6) is -0.0923. The molecule has 0 bridgehead atoms. The van der Waals surface area contributed by atoms with Crippen molar-refractivity contribution in [1.29, 1.82) is 0 Å². The summed E-state index contributed by atoms with van der Waals surface area (Å²) in [6, 6.07) is 6.73. The van der Waals surface area contributed by atoms with Crippen LogP contribution in [0.25, 0.3) is 0 Å². The molecular formula is C19H29N3O5S2. The van der Waals surface area contributed by atoms with Crippen LogP contribution in [0, 0.1) is 0 Å². The maximum Gasteiger partial charge on any atom is 0.243 e.